The second kappa shape index (κ2) is 5.64. The SMILES string of the molecule is Cc1ccc(N(C(=O)C(C)C)[C@@H]2C=CS(=O)(=O)C2)c(C)c1. The molecular formula is C16H21NO3S. The van der Waals surface area contributed by atoms with Gasteiger partial charge in [-0.2, -0.15) is 0 Å². The standard InChI is InChI=1S/C16H21NO3S/c1-11(2)16(18)17(14-7-8-21(19,20)10-14)15-6-5-12(3)9-13(15)4/h5-9,11,14H,10H2,1-4H3/t14-/m1/s1. The Morgan fingerprint density at radius 2 is 1.95 bits per heavy atom. The van der Waals surface area contributed by atoms with E-state index in [-0.39, 0.29) is 17.6 Å². The molecule has 1 aliphatic rings. The molecule has 4 nitrogen and oxygen atoms in total. The molecule has 0 fully saturated rings. The minimum atomic E-state index is -3.20. The van der Waals surface area contributed by atoms with E-state index in [2.05, 4.69) is 0 Å². The summed E-state index contributed by atoms with van der Waals surface area (Å²) in [6.07, 6.45) is 1.61. The molecule has 2 rings (SSSR count). The van der Waals surface area contributed by atoms with Gasteiger partial charge in [0, 0.05) is 17.0 Å². The summed E-state index contributed by atoms with van der Waals surface area (Å²) in [5.41, 5.74) is 2.87. The average molecular weight is 307 g/mol. The maximum Gasteiger partial charge on any atom is 0.230 e. The smallest absolute Gasteiger partial charge is 0.230 e. The van der Waals surface area contributed by atoms with E-state index in [1.165, 1.54) is 5.41 Å². The molecule has 1 amide bonds. The summed E-state index contributed by atoms with van der Waals surface area (Å²) in [6.45, 7) is 7.58. The van der Waals surface area contributed by atoms with Crippen LogP contribution in [0.5, 0.6) is 0 Å². The average Bonchev–Trinajstić information content (AvgIpc) is 2.72. The molecule has 0 saturated carbocycles. The lowest BCUT2D eigenvalue weighted by Crippen LogP contribution is -2.43. The summed E-state index contributed by atoms with van der Waals surface area (Å²) in [5.74, 6) is -0.296. The minimum Gasteiger partial charge on any atom is -0.304 e. The van der Waals surface area contributed by atoms with Gasteiger partial charge in [-0.25, -0.2) is 8.42 Å². The van der Waals surface area contributed by atoms with Gasteiger partial charge in [-0.1, -0.05) is 31.5 Å². The summed E-state index contributed by atoms with van der Waals surface area (Å²) in [7, 11) is -3.20. The summed E-state index contributed by atoms with van der Waals surface area (Å²) >= 11 is 0. The molecular weight excluding hydrogens is 286 g/mol. The normalized spacial score (nSPS) is 20.0. The molecule has 114 valence electrons. The molecule has 1 heterocycles. The Balaban J connectivity index is 2.47. The van der Waals surface area contributed by atoms with Crippen LogP contribution in [0.15, 0.2) is 29.7 Å². The quantitative estimate of drug-likeness (QED) is 0.862. The Hall–Kier alpha value is -1.62. The van der Waals surface area contributed by atoms with Crippen molar-refractivity contribution in [3.05, 3.63) is 40.8 Å². The van der Waals surface area contributed by atoms with Gasteiger partial charge in [0.25, 0.3) is 0 Å². The third-order valence-electron chi connectivity index (χ3n) is 3.59. The fourth-order valence-electron chi connectivity index (χ4n) is 2.53. The Morgan fingerprint density at radius 1 is 1.29 bits per heavy atom. The molecule has 0 radical (unpaired) electrons. The summed E-state index contributed by atoms with van der Waals surface area (Å²) in [6, 6.07) is 5.41. The summed E-state index contributed by atoms with van der Waals surface area (Å²) in [4.78, 5) is 14.2. The molecule has 0 saturated heterocycles. The van der Waals surface area contributed by atoms with Crippen LogP contribution in [-0.4, -0.2) is 26.1 Å². The molecule has 0 N–H and O–H groups in total. The van der Waals surface area contributed by atoms with Crippen LogP contribution in [0.4, 0.5) is 5.69 Å². The Kier molecular flexibility index (Phi) is 4.23. The molecule has 1 aliphatic heterocycles. The second-order valence-corrected chi connectivity index (χ2v) is 7.81. The Bertz CT molecular complexity index is 689. The van der Waals surface area contributed by atoms with Gasteiger partial charge in [0.2, 0.25) is 5.91 Å². The first kappa shape index (κ1) is 15.8. The molecule has 1 aromatic rings. The van der Waals surface area contributed by atoms with E-state index in [1.54, 1.807) is 11.0 Å². The number of carbonyl (C=O) groups excluding carboxylic acids is 1. The van der Waals surface area contributed by atoms with E-state index in [9.17, 15) is 13.2 Å². The topological polar surface area (TPSA) is 54.5 Å². The van der Waals surface area contributed by atoms with Crippen molar-refractivity contribution in [1.82, 2.24) is 0 Å². The molecule has 0 spiro atoms. The van der Waals surface area contributed by atoms with Crippen molar-refractivity contribution in [2.75, 3.05) is 10.7 Å². The molecule has 0 unspecified atom stereocenters. The van der Waals surface area contributed by atoms with Gasteiger partial charge in [-0.05, 0) is 31.6 Å². The van der Waals surface area contributed by atoms with E-state index in [0.717, 1.165) is 16.8 Å². The molecule has 1 aromatic carbocycles. The number of sulfone groups is 1. The molecule has 0 aliphatic carbocycles. The van der Waals surface area contributed by atoms with Crippen molar-refractivity contribution in [2.45, 2.75) is 33.7 Å². The van der Waals surface area contributed by atoms with Crippen molar-refractivity contribution < 1.29 is 13.2 Å². The van der Waals surface area contributed by atoms with Gasteiger partial charge < -0.3 is 4.90 Å². The van der Waals surface area contributed by atoms with Gasteiger partial charge >= 0.3 is 0 Å². The molecule has 5 heteroatoms. The highest BCUT2D eigenvalue weighted by Crippen LogP contribution is 2.28. The molecule has 21 heavy (non-hydrogen) atoms. The predicted molar refractivity (Wildman–Crippen MR) is 85.0 cm³/mol. The van der Waals surface area contributed by atoms with Gasteiger partial charge in [0.15, 0.2) is 9.84 Å². The predicted octanol–water partition coefficient (Wildman–Crippen LogP) is 2.60. The number of amides is 1. The van der Waals surface area contributed by atoms with Gasteiger partial charge in [0.1, 0.15) is 0 Å². The van der Waals surface area contributed by atoms with Crippen molar-refractivity contribution in [2.24, 2.45) is 5.92 Å². The van der Waals surface area contributed by atoms with Crippen LogP contribution in [0.1, 0.15) is 25.0 Å². The van der Waals surface area contributed by atoms with Crippen LogP contribution in [0, 0.1) is 19.8 Å². The largest absolute Gasteiger partial charge is 0.304 e. The summed E-state index contributed by atoms with van der Waals surface area (Å²) in [5, 5.41) is 1.21. The highest BCUT2D eigenvalue weighted by Gasteiger charge is 2.32. The monoisotopic (exact) mass is 307 g/mol. The lowest BCUT2D eigenvalue weighted by Gasteiger charge is -2.30. The van der Waals surface area contributed by atoms with Crippen molar-refractivity contribution in [1.29, 1.82) is 0 Å². The zero-order valence-electron chi connectivity index (χ0n) is 12.8. The number of anilines is 1. The van der Waals surface area contributed by atoms with Crippen molar-refractivity contribution in [3.63, 3.8) is 0 Å². The maximum absolute atomic E-state index is 12.6. The number of rotatable bonds is 3. The molecule has 1 atom stereocenters. The fraction of sp³-hybridized carbons (Fsp3) is 0.438. The number of hydrogen-bond acceptors (Lipinski definition) is 3. The van der Waals surface area contributed by atoms with Gasteiger partial charge in [-0.3, -0.25) is 4.79 Å². The lowest BCUT2D eigenvalue weighted by atomic mass is 10.1. The van der Waals surface area contributed by atoms with Crippen LogP contribution in [0.25, 0.3) is 0 Å². The van der Waals surface area contributed by atoms with E-state index in [1.807, 2.05) is 45.9 Å². The highest BCUT2D eigenvalue weighted by atomic mass is 32.2. The first-order valence-electron chi connectivity index (χ1n) is 7.02. The van der Waals surface area contributed by atoms with Gasteiger partial charge in [0.05, 0.1) is 11.8 Å². The van der Waals surface area contributed by atoms with Crippen LogP contribution in [0.2, 0.25) is 0 Å². The van der Waals surface area contributed by atoms with Crippen LogP contribution >= 0.6 is 0 Å². The Labute approximate surface area is 126 Å². The highest BCUT2D eigenvalue weighted by molar-refractivity contribution is 7.94. The molecule has 0 bridgehead atoms. The number of nitrogens with zero attached hydrogens (tertiary/aromatic N) is 1. The van der Waals surface area contributed by atoms with E-state index in [0.29, 0.717) is 0 Å². The van der Waals surface area contributed by atoms with Crippen molar-refractivity contribution >= 4 is 21.4 Å². The number of aryl methyl sites for hydroxylation is 2. The second-order valence-electron chi connectivity index (χ2n) is 5.88. The molecule has 0 aromatic heterocycles. The minimum absolute atomic E-state index is 0.0429. The fourth-order valence-corrected chi connectivity index (χ4v) is 3.80. The van der Waals surface area contributed by atoms with E-state index >= 15 is 0 Å². The third kappa shape index (κ3) is 3.35. The summed E-state index contributed by atoms with van der Waals surface area (Å²) < 4.78 is 23.4. The third-order valence-corrected chi connectivity index (χ3v) is 4.96. The number of benzene rings is 1. The van der Waals surface area contributed by atoms with Gasteiger partial charge in [-0.15, -0.1) is 0 Å². The van der Waals surface area contributed by atoms with Crippen LogP contribution in [0.3, 0.4) is 0 Å². The number of carbonyl (C=O) groups is 1. The maximum atomic E-state index is 12.6. The lowest BCUT2D eigenvalue weighted by molar-refractivity contribution is -0.121. The first-order valence-corrected chi connectivity index (χ1v) is 8.74. The van der Waals surface area contributed by atoms with Crippen molar-refractivity contribution in [3.8, 4) is 0 Å². The number of hydrogen-bond donors (Lipinski definition) is 0. The van der Waals surface area contributed by atoms with E-state index < -0.39 is 15.9 Å². The zero-order valence-corrected chi connectivity index (χ0v) is 13.6. The van der Waals surface area contributed by atoms with E-state index in [4.69, 9.17) is 0 Å². The zero-order chi connectivity index (χ0) is 15.8. The van der Waals surface area contributed by atoms with Crippen LogP contribution in [-0.2, 0) is 14.6 Å². The first-order chi connectivity index (χ1) is 9.71. The Morgan fingerprint density at radius 3 is 2.43 bits per heavy atom. The van der Waals surface area contributed by atoms with Crippen LogP contribution < -0.4 is 4.90 Å².